The van der Waals surface area contributed by atoms with Crippen molar-refractivity contribution in [2.45, 2.75) is 44.9 Å². The second-order valence-electron chi connectivity index (χ2n) is 9.02. The predicted molar refractivity (Wildman–Crippen MR) is 140 cm³/mol. The van der Waals surface area contributed by atoms with Crippen LogP contribution < -0.4 is 4.74 Å². The number of methoxy groups -OCH3 is 1. The van der Waals surface area contributed by atoms with Crippen molar-refractivity contribution < 1.29 is 14.6 Å². The molecule has 1 amide bonds. The quantitative estimate of drug-likeness (QED) is 0.359. The number of ether oxygens (including phenoxy) is 1. The number of allylic oxidation sites excluding steroid dienone is 2. The molecule has 0 bridgehead atoms. The van der Waals surface area contributed by atoms with Crippen molar-refractivity contribution in [2.24, 2.45) is 4.99 Å². The summed E-state index contributed by atoms with van der Waals surface area (Å²) in [7, 11) is 3.37. The smallest absolute Gasteiger partial charge is 0.253 e. The highest BCUT2D eigenvalue weighted by atomic mass is 16.5. The fourth-order valence-corrected chi connectivity index (χ4v) is 4.38. The van der Waals surface area contributed by atoms with Crippen LogP contribution in [0.5, 0.6) is 5.75 Å². The van der Waals surface area contributed by atoms with Gasteiger partial charge >= 0.3 is 0 Å². The van der Waals surface area contributed by atoms with Crippen LogP contribution in [0.15, 0.2) is 66.3 Å². The summed E-state index contributed by atoms with van der Waals surface area (Å²) in [6, 6.07) is 13.9. The lowest BCUT2D eigenvalue weighted by molar-refractivity contribution is 0.0767. The lowest BCUT2D eigenvalue weighted by Gasteiger charge is -2.21. The zero-order valence-corrected chi connectivity index (χ0v) is 20.8. The minimum atomic E-state index is -0.0790. The van der Waals surface area contributed by atoms with E-state index in [-0.39, 0.29) is 17.9 Å². The van der Waals surface area contributed by atoms with Gasteiger partial charge in [0.2, 0.25) is 0 Å². The zero-order valence-electron chi connectivity index (χ0n) is 20.8. The van der Waals surface area contributed by atoms with Crippen LogP contribution in [0, 0.1) is 0 Å². The van der Waals surface area contributed by atoms with Crippen LogP contribution in [0.3, 0.4) is 0 Å². The number of carbonyl (C=O) groups is 1. The van der Waals surface area contributed by atoms with Crippen molar-refractivity contribution in [3.63, 3.8) is 0 Å². The molecule has 2 aromatic carbocycles. The molecular formula is C29H36N2O3. The van der Waals surface area contributed by atoms with Crippen LogP contribution >= 0.6 is 0 Å². The van der Waals surface area contributed by atoms with Crippen molar-refractivity contribution in [2.75, 3.05) is 27.3 Å². The number of likely N-dealkylation sites (N-methyl/N-ethyl adjacent to an activating group) is 1. The van der Waals surface area contributed by atoms with Gasteiger partial charge in [-0.3, -0.25) is 9.79 Å². The monoisotopic (exact) mass is 460 g/mol. The van der Waals surface area contributed by atoms with Crippen molar-refractivity contribution in [3.8, 4) is 5.75 Å². The Labute approximate surface area is 203 Å². The fourth-order valence-electron chi connectivity index (χ4n) is 4.38. The number of benzene rings is 2. The molecule has 0 spiro atoms. The highest BCUT2D eigenvalue weighted by Gasteiger charge is 2.43. The first-order valence-electron chi connectivity index (χ1n) is 11.9. The van der Waals surface area contributed by atoms with E-state index in [0.29, 0.717) is 18.5 Å². The second-order valence-corrected chi connectivity index (χ2v) is 9.02. The van der Waals surface area contributed by atoms with Gasteiger partial charge in [-0.25, -0.2) is 0 Å². The largest absolute Gasteiger partial charge is 0.497 e. The molecule has 0 aromatic heterocycles. The lowest BCUT2D eigenvalue weighted by Crippen LogP contribution is -2.29. The second kappa shape index (κ2) is 11.3. The van der Waals surface area contributed by atoms with E-state index < -0.39 is 0 Å². The normalized spacial score (nSPS) is 15.1. The van der Waals surface area contributed by atoms with Gasteiger partial charge in [0.15, 0.2) is 0 Å². The third-order valence-electron chi connectivity index (χ3n) is 6.73. The molecule has 0 saturated heterocycles. The topological polar surface area (TPSA) is 62.1 Å². The number of hydrogen-bond donors (Lipinski definition) is 1. The molecule has 0 atom stereocenters. The summed E-state index contributed by atoms with van der Waals surface area (Å²) >= 11 is 0. The highest BCUT2D eigenvalue weighted by Crippen LogP contribution is 2.52. The summed E-state index contributed by atoms with van der Waals surface area (Å²) in [5.74, 6) is 0.710. The van der Waals surface area contributed by atoms with E-state index in [2.05, 4.69) is 19.6 Å². The number of aliphatic imine (C=N–C) groups is 1. The summed E-state index contributed by atoms with van der Waals surface area (Å²) < 4.78 is 5.34. The van der Waals surface area contributed by atoms with Crippen molar-refractivity contribution in [1.82, 2.24) is 4.90 Å². The van der Waals surface area contributed by atoms with Crippen LogP contribution in [-0.2, 0) is 11.8 Å². The molecular weight excluding hydrogens is 424 g/mol. The van der Waals surface area contributed by atoms with Crippen molar-refractivity contribution in [1.29, 1.82) is 0 Å². The minimum Gasteiger partial charge on any atom is -0.497 e. The first-order valence-corrected chi connectivity index (χ1v) is 11.9. The van der Waals surface area contributed by atoms with Gasteiger partial charge in [0.25, 0.3) is 5.91 Å². The molecule has 1 aliphatic rings. The molecule has 0 heterocycles. The molecule has 2 aromatic rings. The molecule has 180 valence electrons. The SMILES string of the molecule is C=C/C(=C\N=C(/C)Cc1cc(C(=O)N(C)CCO)ccc1C1(CC)CC1)c1cccc(OC)c1. The fraction of sp³-hybridized carbons (Fsp3) is 0.379. The molecule has 1 N–H and O–H groups in total. The number of carbonyl (C=O) groups excluding carboxylic acids is 1. The summed E-state index contributed by atoms with van der Waals surface area (Å²) in [5.41, 5.74) is 6.22. The summed E-state index contributed by atoms with van der Waals surface area (Å²) in [6.07, 6.45) is 7.75. The third kappa shape index (κ3) is 5.84. The van der Waals surface area contributed by atoms with E-state index >= 15 is 0 Å². The molecule has 3 rings (SSSR count). The van der Waals surface area contributed by atoms with Gasteiger partial charge in [-0.1, -0.05) is 37.8 Å². The number of aliphatic hydroxyl groups excluding tert-OH is 1. The average molecular weight is 461 g/mol. The van der Waals surface area contributed by atoms with Crippen LogP contribution in [0.2, 0.25) is 0 Å². The Kier molecular flexibility index (Phi) is 8.46. The predicted octanol–water partition coefficient (Wildman–Crippen LogP) is 5.43. The Morgan fingerprint density at radius 1 is 1.24 bits per heavy atom. The number of hydrogen-bond acceptors (Lipinski definition) is 4. The van der Waals surface area contributed by atoms with Crippen LogP contribution in [0.1, 0.15) is 60.2 Å². The Morgan fingerprint density at radius 3 is 2.62 bits per heavy atom. The van der Waals surface area contributed by atoms with E-state index in [1.807, 2.05) is 49.5 Å². The van der Waals surface area contributed by atoms with Gasteiger partial charge in [0.05, 0.1) is 13.7 Å². The molecule has 0 radical (unpaired) electrons. The Bertz CT molecular complexity index is 1100. The van der Waals surface area contributed by atoms with Crippen LogP contribution in [0.25, 0.3) is 5.57 Å². The maximum absolute atomic E-state index is 12.8. The molecule has 1 fully saturated rings. The van der Waals surface area contributed by atoms with Crippen LogP contribution in [0.4, 0.5) is 0 Å². The third-order valence-corrected chi connectivity index (χ3v) is 6.73. The molecule has 0 aliphatic heterocycles. The molecule has 5 heteroatoms. The number of rotatable bonds is 11. The van der Waals surface area contributed by atoms with Gasteiger partial charge in [-0.15, -0.1) is 0 Å². The van der Waals surface area contributed by atoms with E-state index in [9.17, 15) is 9.90 Å². The average Bonchev–Trinajstić information content (AvgIpc) is 3.65. The lowest BCUT2D eigenvalue weighted by atomic mass is 9.86. The zero-order chi connectivity index (χ0) is 24.7. The summed E-state index contributed by atoms with van der Waals surface area (Å²) in [4.78, 5) is 19.1. The standard InChI is InChI=1S/C29H36N2O3/c1-6-22(23-9-8-10-26(19-23)34-5)20-30-21(3)17-25-18-24(28(33)31(4)15-16-32)11-12-27(25)29(7-2)13-14-29/h6,8-12,18-20,32H,1,7,13-17H2,2-5H3/b22-20+,30-21+. The highest BCUT2D eigenvalue weighted by molar-refractivity contribution is 5.95. The molecule has 0 unspecified atom stereocenters. The summed E-state index contributed by atoms with van der Waals surface area (Å²) in [6.45, 7) is 8.46. The first-order chi connectivity index (χ1) is 16.4. The Hall–Kier alpha value is -3.18. The van der Waals surface area contributed by atoms with Gasteiger partial charge in [-0.05, 0) is 78.1 Å². The van der Waals surface area contributed by atoms with Crippen molar-refractivity contribution in [3.05, 3.63) is 83.6 Å². The first kappa shape index (κ1) is 25.4. The minimum absolute atomic E-state index is 0.0524. The Morgan fingerprint density at radius 2 is 2.00 bits per heavy atom. The van der Waals surface area contributed by atoms with Gasteiger partial charge < -0.3 is 14.7 Å². The number of nitrogens with zero attached hydrogens (tertiary/aromatic N) is 2. The summed E-state index contributed by atoms with van der Waals surface area (Å²) in [5, 5.41) is 9.20. The Balaban J connectivity index is 1.91. The van der Waals surface area contributed by atoms with E-state index in [1.165, 1.54) is 18.4 Å². The molecule has 34 heavy (non-hydrogen) atoms. The van der Waals surface area contributed by atoms with Crippen LogP contribution in [-0.4, -0.2) is 48.9 Å². The van der Waals surface area contributed by atoms with Gasteiger partial charge in [0, 0.05) is 37.5 Å². The maximum Gasteiger partial charge on any atom is 0.253 e. The van der Waals surface area contributed by atoms with Crippen molar-refractivity contribution >= 4 is 17.2 Å². The number of amides is 1. The van der Waals surface area contributed by atoms with E-state index in [0.717, 1.165) is 34.6 Å². The molecule has 1 aliphatic carbocycles. The number of aliphatic hydroxyl groups is 1. The van der Waals surface area contributed by atoms with E-state index in [1.54, 1.807) is 25.1 Å². The molecule has 5 nitrogen and oxygen atoms in total. The maximum atomic E-state index is 12.8. The van der Waals surface area contributed by atoms with Gasteiger partial charge in [-0.2, -0.15) is 0 Å². The van der Waals surface area contributed by atoms with E-state index in [4.69, 9.17) is 9.73 Å². The molecule has 1 saturated carbocycles. The van der Waals surface area contributed by atoms with Gasteiger partial charge in [0.1, 0.15) is 5.75 Å².